The second-order valence-corrected chi connectivity index (χ2v) is 13.7. The van der Waals surface area contributed by atoms with Gasteiger partial charge in [-0.05, 0) is 54.8 Å². The van der Waals surface area contributed by atoms with Crippen LogP contribution in [0.3, 0.4) is 0 Å². The average Bonchev–Trinajstić information content (AvgIpc) is 3.12. The largest absolute Gasteiger partial charge is 0.484 e. The van der Waals surface area contributed by atoms with Gasteiger partial charge in [-0.2, -0.15) is 13.2 Å². The maximum Gasteiger partial charge on any atom is 0.416 e. The first kappa shape index (κ1) is 36.8. The standard InChI is InChI=1S/C36H36F3N5O7S/c37-36(38,39)27-13-14-33-30(23-27)42(29-10-3-4-12-32(29)52-33)16-6-15-40-17-19-41(20-18-40)21-22-50-34(45)35(44(48)49,24-43(46)47)25-51-31-11-5-8-26-7-1-2-9-28(26)31/h1-5,7-14,23H,6,15-22,24-25H2. The highest BCUT2D eigenvalue weighted by atomic mass is 32.2. The lowest BCUT2D eigenvalue weighted by Gasteiger charge is -2.36. The van der Waals surface area contributed by atoms with Crippen LogP contribution in [0.2, 0.25) is 0 Å². The zero-order valence-electron chi connectivity index (χ0n) is 28.0. The van der Waals surface area contributed by atoms with Crippen molar-refractivity contribution in [2.24, 2.45) is 0 Å². The third-order valence-corrected chi connectivity index (χ3v) is 10.4. The first-order chi connectivity index (χ1) is 24.9. The lowest BCUT2D eigenvalue weighted by molar-refractivity contribution is -0.615. The fourth-order valence-electron chi connectivity index (χ4n) is 6.42. The number of alkyl halides is 3. The number of anilines is 2. The predicted octanol–water partition coefficient (Wildman–Crippen LogP) is 6.38. The van der Waals surface area contributed by atoms with Crippen LogP contribution in [0.25, 0.3) is 10.8 Å². The van der Waals surface area contributed by atoms with E-state index in [1.54, 1.807) is 24.3 Å². The lowest BCUT2D eigenvalue weighted by Crippen LogP contribution is -2.57. The van der Waals surface area contributed by atoms with Crippen LogP contribution >= 0.6 is 11.8 Å². The maximum atomic E-state index is 13.6. The molecule has 0 radical (unpaired) electrons. The minimum absolute atomic E-state index is 0.202. The zero-order valence-corrected chi connectivity index (χ0v) is 28.8. The van der Waals surface area contributed by atoms with Crippen LogP contribution in [0.15, 0.2) is 94.7 Å². The van der Waals surface area contributed by atoms with Gasteiger partial charge in [0.15, 0.2) is 6.61 Å². The molecule has 1 unspecified atom stereocenters. The van der Waals surface area contributed by atoms with Gasteiger partial charge in [0.2, 0.25) is 0 Å². The van der Waals surface area contributed by atoms with Gasteiger partial charge in [0.25, 0.3) is 6.54 Å². The Labute approximate surface area is 301 Å². The molecule has 1 atom stereocenters. The van der Waals surface area contributed by atoms with Gasteiger partial charge in [-0.1, -0.05) is 60.3 Å². The Kier molecular flexibility index (Phi) is 11.2. The molecule has 2 heterocycles. The van der Waals surface area contributed by atoms with Crippen molar-refractivity contribution in [3.05, 3.63) is 111 Å². The van der Waals surface area contributed by atoms with E-state index in [-0.39, 0.29) is 18.9 Å². The van der Waals surface area contributed by atoms with Crippen LogP contribution in [0.5, 0.6) is 5.75 Å². The number of benzene rings is 4. The first-order valence-electron chi connectivity index (χ1n) is 16.7. The number of halogens is 3. The molecule has 4 aromatic carbocycles. The Balaban J connectivity index is 1.00. The number of piperazine rings is 1. The zero-order chi connectivity index (χ0) is 36.9. The van der Waals surface area contributed by atoms with Gasteiger partial charge >= 0.3 is 17.7 Å². The third-order valence-electron chi connectivity index (χ3n) is 9.25. The van der Waals surface area contributed by atoms with Gasteiger partial charge < -0.3 is 19.3 Å². The maximum absolute atomic E-state index is 13.6. The van der Waals surface area contributed by atoms with Crippen LogP contribution in [0.4, 0.5) is 24.5 Å². The Hall–Kier alpha value is -4.93. The topological polar surface area (TPSA) is 132 Å². The molecular formula is C36H36F3N5O7S. The summed E-state index contributed by atoms with van der Waals surface area (Å²) in [4.78, 5) is 42.9. The summed E-state index contributed by atoms with van der Waals surface area (Å²) in [5.41, 5.74) is -2.02. The molecule has 12 nitrogen and oxygen atoms in total. The van der Waals surface area contributed by atoms with Gasteiger partial charge in [0.05, 0.1) is 16.9 Å². The van der Waals surface area contributed by atoms with Gasteiger partial charge in [-0.25, -0.2) is 4.79 Å². The average molecular weight is 740 g/mol. The van der Waals surface area contributed by atoms with Crippen LogP contribution in [0.1, 0.15) is 12.0 Å². The molecule has 2 aliphatic heterocycles. The molecule has 2 aliphatic rings. The molecule has 0 bridgehead atoms. The first-order valence-corrected chi connectivity index (χ1v) is 17.5. The summed E-state index contributed by atoms with van der Waals surface area (Å²) >= 11 is 1.46. The van der Waals surface area contributed by atoms with Gasteiger partial charge in [-0.15, -0.1) is 0 Å². The monoisotopic (exact) mass is 739 g/mol. The molecule has 274 valence electrons. The van der Waals surface area contributed by atoms with E-state index in [4.69, 9.17) is 9.47 Å². The second-order valence-electron chi connectivity index (χ2n) is 12.6. The molecule has 4 aromatic rings. The van der Waals surface area contributed by atoms with Crippen molar-refractivity contribution < 1.29 is 37.3 Å². The molecular weight excluding hydrogens is 703 g/mol. The SMILES string of the molecule is O=C(OCCN1CCN(CCCN2c3ccccc3Sc3ccc(C(F)(F)F)cc32)CC1)C(COc1cccc2ccccc12)(C[N+](=O)[O-])[N+](=O)[O-]. The number of ether oxygens (including phenoxy) is 2. The summed E-state index contributed by atoms with van der Waals surface area (Å²) in [6.45, 7) is 1.74. The Morgan fingerprint density at radius 3 is 2.21 bits per heavy atom. The van der Waals surface area contributed by atoms with Crippen molar-refractivity contribution in [1.29, 1.82) is 0 Å². The Morgan fingerprint density at radius 2 is 1.48 bits per heavy atom. The number of fused-ring (bicyclic) bond motifs is 3. The van der Waals surface area contributed by atoms with E-state index >= 15 is 0 Å². The van der Waals surface area contributed by atoms with E-state index in [1.165, 1.54) is 23.9 Å². The highest BCUT2D eigenvalue weighted by Gasteiger charge is 2.59. The van der Waals surface area contributed by atoms with Crippen LogP contribution < -0.4 is 9.64 Å². The van der Waals surface area contributed by atoms with Crippen molar-refractivity contribution >= 4 is 39.9 Å². The molecule has 52 heavy (non-hydrogen) atoms. The third kappa shape index (κ3) is 8.24. The predicted molar refractivity (Wildman–Crippen MR) is 189 cm³/mol. The normalized spacial score (nSPS) is 16.1. The van der Waals surface area contributed by atoms with Crippen LogP contribution in [-0.2, 0) is 15.7 Å². The number of esters is 1. The number of hydrogen-bond acceptors (Lipinski definition) is 11. The van der Waals surface area contributed by atoms with Crippen LogP contribution in [-0.4, -0.2) is 96.7 Å². The van der Waals surface area contributed by atoms with Crippen LogP contribution in [0, 0.1) is 20.2 Å². The van der Waals surface area contributed by atoms with Gasteiger partial charge in [0.1, 0.15) is 12.4 Å². The van der Waals surface area contributed by atoms with Crippen molar-refractivity contribution in [2.45, 2.75) is 27.9 Å². The lowest BCUT2D eigenvalue weighted by atomic mass is 10.0. The van der Waals surface area contributed by atoms with E-state index in [1.807, 2.05) is 52.3 Å². The van der Waals surface area contributed by atoms with Crippen molar-refractivity contribution in [2.75, 3.05) is 70.5 Å². The highest BCUT2D eigenvalue weighted by molar-refractivity contribution is 7.99. The Bertz CT molecular complexity index is 1940. The summed E-state index contributed by atoms with van der Waals surface area (Å²) in [5, 5.41) is 25.1. The van der Waals surface area contributed by atoms with E-state index in [0.717, 1.165) is 26.9 Å². The van der Waals surface area contributed by atoms with Crippen molar-refractivity contribution in [1.82, 2.24) is 9.80 Å². The molecule has 6 rings (SSSR count). The molecule has 1 fully saturated rings. The van der Waals surface area contributed by atoms with E-state index < -0.39 is 46.2 Å². The fraction of sp³-hybridized carbons (Fsp3) is 0.361. The highest BCUT2D eigenvalue weighted by Crippen LogP contribution is 2.49. The number of para-hydroxylation sites is 1. The summed E-state index contributed by atoms with van der Waals surface area (Å²) in [6, 6.07) is 23.7. The number of hydrogen-bond donors (Lipinski definition) is 0. The fourth-order valence-corrected chi connectivity index (χ4v) is 7.50. The number of nitro groups is 2. The molecule has 0 amide bonds. The molecule has 0 aliphatic carbocycles. The van der Waals surface area contributed by atoms with Gasteiger partial charge in [0, 0.05) is 64.3 Å². The Morgan fingerprint density at radius 1 is 0.808 bits per heavy atom. The molecule has 1 saturated heterocycles. The van der Waals surface area contributed by atoms with E-state index in [9.17, 15) is 38.2 Å². The second kappa shape index (κ2) is 15.8. The number of rotatable bonds is 14. The van der Waals surface area contributed by atoms with E-state index in [2.05, 4.69) is 4.90 Å². The molecule has 0 spiro atoms. The summed E-state index contributed by atoms with van der Waals surface area (Å²) in [6.07, 6.45) is -3.75. The number of carbonyl (C=O) groups is 1. The number of carbonyl (C=O) groups excluding carboxylic acids is 1. The number of nitrogens with zero attached hydrogens (tertiary/aromatic N) is 5. The van der Waals surface area contributed by atoms with Crippen molar-refractivity contribution in [3.8, 4) is 5.75 Å². The molecule has 16 heteroatoms. The molecule has 0 aromatic heterocycles. The minimum atomic E-state index is -4.45. The quantitative estimate of drug-likeness (QED) is 0.0811. The van der Waals surface area contributed by atoms with Crippen molar-refractivity contribution in [3.63, 3.8) is 0 Å². The summed E-state index contributed by atoms with van der Waals surface area (Å²) < 4.78 is 51.7. The minimum Gasteiger partial charge on any atom is -0.484 e. The summed E-state index contributed by atoms with van der Waals surface area (Å²) in [5.74, 6) is -1.09. The smallest absolute Gasteiger partial charge is 0.416 e. The van der Waals surface area contributed by atoms with E-state index in [0.29, 0.717) is 56.8 Å². The molecule has 0 saturated carbocycles. The molecule has 0 N–H and O–H groups in total. The summed E-state index contributed by atoms with van der Waals surface area (Å²) in [7, 11) is 0. The van der Waals surface area contributed by atoms with Gasteiger partial charge in [-0.3, -0.25) is 25.1 Å².